The summed E-state index contributed by atoms with van der Waals surface area (Å²) >= 11 is 0. The van der Waals surface area contributed by atoms with Gasteiger partial charge in [0, 0.05) is 37.6 Å². The Kier molecular flexibility index (Phi) is 4.66. The molecule has 1 unspecified atom stereocenters. The van der Waals surface area contributed by atoms with Crippen LogP contribution in [0.15, 0.2) is 35.1 Å². The number of carbonyl (C=O) groups is 1. The number of aromatic nitrogens is 1. The monoisotopic (exact) mass is 363 g/mol. The Hall–Kier alpha value is -2.19. The van der Waals surface area contributed by atoms with Crippen molar-refractivity contribution in [3.05, 3.63) is 46.2 Å². The van der Waals surface area contributed by atoms with Crippen LogP contribution in [0.5, 0.6) is 0 Å². The van der Waals surface area contributed by atoms with Gasteiger partial charge < -0.3 is 9.47 Å². The minimum atomic E-state index is -3.33. The van der Waals surface area contributed by atoms with Crippen LogP contribution in [-0.4, -0.2) is 49.2 Å². The van der Waals surface area contributed by atoms with Crippen molar-refractivity contribution < 1.29 is 13.2 Å². The van der Waals surface area contributed by atoms with E-state index < -0.39 is 10.0 Å². The number of para-hydroxylation sites is 1. The molecule has 1 amide bonds. The highest BCUT2D eigenvalue weighted by Gasteiger charge is 2.27. The van der Waals surface area contributed by atoms with Crippen LogP contribution in [0.3, 0.4) is 0 Å². The SMILES string of the molecule is Cn1c(=O)cc(C(=O)N2CCCC(NS(C)(=O)=O)C2)c2ccccc21. The second-order valence-corrected chi connectivity index (χ2v) is 8.23. The van der Waals surface area contributed by atoms with E-state index >= 15 is 0 Å². The van der Waals surface area contributed by atoms with Crippen LogP contribution in [0.4, 0.5) is 0 Å². The molecule has 7 nitrogen and oxygen atoms in total. The van der Waals surface area contributed by atoms with E-state index in [-0.39, 0.29) is 17.5 Å². The van der Waals surface area contributed by atoms with Crippen molar-refractivity contribution in [1.29, 1.82) is 0 Å². The molecule has 25 heavy (non-hydrogen) atoms. The van der Waals surface area contributed by atoms with E-state index in [1.165, 1.54) is 10.6 Å². The third-order valence-corrected chi connectivity index (χ3v) is 5.24. The van der Waals surface area contributed by atoms with E-state index in [0.717, 1.165) is 6.26 Å². The number of nitrogens with one attached hydrogen (secondary N) is 1. The van der Waals surface area contributed by atoms with E-state index in [1.807, 2.05) is 18.2 Å². The summed E-state index contributed by atoms with van der Waals surface area (Å²) in [6.07, 6.45) is 2.51. The average molecular weight is 363 g/mol. The fourth-order valence-corrected chi connectivity index (χ4v) is 4.12. The number of hydrogen-bond donors (Lipinski definition) is 1. The largest absolute Gasteiger partial charge is 0.337 e. The van der Waals surface area contributed by atoms with Gasteiger partial charge in [-0.15, -0.1) is 0 Å². The Balaban J connectivity index is 1.95. The second-order valence-electron chi connectivity index (χ2n) is 6.45. The normalized spacial score (nSPS) is 18.5. The van der Waals surface area contributed by atoms with Crippen molar-refractivity contribution in [1.82, 2.24) is 14.2 Å². The molecule has 8 heteroatoms. The van der Waals surface area contributed by atoms with E-state index in [4.69, 9.17) is 0 Å². The molecule has 1 saturated heterocycles. The quantitative estimate of drug-likeness (QED) is 0.869. The van der Waals surface area contributed by atoms with Crippen molar-refractivity contribution >= 4 is 26.8 Å². The molecule has 2 aromatic rings. The van der Waals surface area contributed by atoms with Crippen molar-refractivity contribution in [3.63, 3.8) is 0 Å². The summed E-state index contributed by atoms with van der Waals surface area (Å²) in [5, 5.41) is 0.716. The van der Waals surface area contributed by atoms with Gasteiger partial charge in [0.15, 0.2) is 0 Å². The standard InChI is InChI=1S/C17H21N3O4S/c1-19-15-8-4-3-7-13(15)14(10-16(19)21)17(22)20-9-5-6-12(11-20)18-25(2,23)24/h3-4,7-8,10,12,18H,5-6,9,11H2,1-2H3. The van der Waals surface area contributed by atoms with Gasteiger partial charge in [0.25, 0.3) is 11.5 Å². The number of piperidine rings is 1. The fraction of sp³-hybridized carbons (Fsp3) is 0.412. The Labute approximate surface area is 146 Å². The molecule has 2 heterocycles. The maximum atomic E-state index is 13.0. The van der Waals surface area contributed by atoms with Gasteiger partial charge in [0.05, 0.1) is 17.3 Å². The predicted octanol–water partition coefficient (Wildman–Crippen LogP) is 0.692. The number of benzene rings is 1. The van der Waals surface area contributed by atoms with E-state index in [2.05, 4.69) is 4.72 Å². The van der Waals surface area contributed by atoms with Gasteiger partial charge in [0.1, 0.15) is 0 Å². The number of amides is 1. The number of carbonyl (C=O) groups excluding carboxylic acids is 1. The van der Waals surface area contributed by atoms with Crippen LogP contribution in [0.2, 0.25) is 0 Å². The number of hydrogen-bond acceptors (Lipinski definition) is 4. The first-order valence-corrected chi connectivity index (χ1v) is 10.0. The molecule has 1 N–H and O–H groups in total. The number of rotatable bonds is 3. The summed E-state index contributed by atoms with van der Waals surface area (Å²) in [7, 11) is -1.65. The smallest absolute Gasteiger partial charge is 0.254 e. The first kappa shape index (κ1) is 17.6. The zero-order valence-corrected chi connectivity index (χ0v) is 15.0. The lowest BCUT2D eigenvalue weighted by atomic mass is 10.0. The van der Waals surface area contributed by atoms with Crippen molar-refractivity contribution in [2.45, 2.75) is 18.9 Å². The zero-order chi connectivity index (χ0) is 18.2. The molecule has 3 rings (SSSR count). The number of sulfonamides is 1. The molecule has 0 saturated carbocycles. The third-order valence-electron chi connectivity index (χ3n) is 4.47. The molecule has 1 atom stereocenters. The average Bonchev–Trinajstić information content (AvgIpc) is 2.56. The van der Waals surface area contributed by atoms with Crippen LogP contribution in [-0.2, 0) is 17.1 Å². The Morgan fingerprint density at radius 3 is 2.72 bits per heavy atom. The lowest BCUT2D eigenvalue weighted by Crippen LogP contribution is -2.49. The Bertz CT molecular complexity index is 981. The molecule has 0 spiro atoms. The number of fused-ring (bicyclic) bond motifs is 1. The third kappa shape index (κ3) is 3.74. The molecular weight excluding hydrogens is 342 g/mol. The number of pyridine rings is 1. The highest BCUT2D eigenvalue weighted by Crippen LogP contribution is 2.20. The zero-order valence-electron chi connectivity index (χ0n) is 14.2. The van der Waals surface area contributed by atoms with Gasteiger partial charge >= 0.3 is 0 Å². The molecule has 1 aliphatic heterocycles. The van der Waals surface area contributed by atoms with Crippen molar-refractivity contribution in [2.24, 2.45) is 7.05 Å². The summed E-state index contributed by atoms with van der Waals surface area (Å²) < 4.78 is 27.0. The first-order valence-electron chi connectivity index (χ1n) is 8.11. The highest BCUT2D eigenvalue weighted by atomic mass is 32.2. The lowest BCUT2D eigenvalue weighted by Gasteiger charge is -2.33. The summed E-state index contributed by atoms with van der Waals surface area (Å²) in [5.41, 5.74) is 0.810. The molecule has 1 fully saturated rings. The molecule has 0 bridgehead atoms. The molecule has 1 aliphatic rings. The van der Waals surface area contributed by atoms with E-state index in [0.29, 0.717) is 42.4 Å². The van der Waals surface area contributed by atoms with Gasteiger partial charge in [-0.2, -0.15) is 0 Å². The van der Waals surface area contributed by atoms with E-state index in [9.17, 15) is 18.0 Å². The summed E-state index contributed by atoms with van der Waals surface area (Å²) in [6.45, 7) is 0.847. The number of aryl methyl sites for hydroxylation is 1. The van der Waals surface area contributed by atoms with Crippen molar-refractivity contribution in [2.75, 3.05) is 19.3 Å². The lowest BCUT2D eigenvalue weighted by molar-refractivity contribution is 0.0705. The Morgan fingerprint density at radius 1 is 1.28 bits per heavy atom. The van der Waals surface area contributed by atoms with Gasteiger partial charge in [-0.25, -0.2) is 13.1 Å². The van der Waals surface area contributed by atoms with Crippen LogP contribution < -0.4 is 10.3 Å². The molecule has 1 aromatic carbocycles. The topological polar surface area (TPSA) is 88.5 Å². The molecule has 0 aliphatic carbocycles. The van der Waals surface area contributed by atoms with Crippen LogP contribution in [0, 0.1) is 0 Å². The highest BCUT2D eigenvalue weighted by molar-refractivity contribution is 7.88. The van der Waals surface area contributed by atoms with Crippen LogP contribution >= 0.6 is 0 Å². The van der Waals surface area contributed by atoms with Gasteiger partial charge in [0.2, 0.25) is 10.0 Å². The fourth-order valence-electron chi connectivity index (χ4n) is 3.32. The van der Waals surface area contributed by atoms with E-state index in [1.54, 1.807) is 18.0 Å². The van der Waals surface area contributed by atoms with Gasteiger partial charge in [-0.1, -0.05) is 18.2 Å². The maximum absolute atomic E-state index is 13.0. The predicted molar refractivity (Wildman–Crippen MR) is 96.1 cm³/mol. The summed E-state index contributed by atoms with van der Waals surface area (Å²) in [5.74, 6) is -0.242. The maximum Gasteiger partial charge on any atom is 0.254 e. The first-order chi connectivity index (χ1) is 11.8. The van der Waals surface area contributed by atoms with Crippen LogP contribution in [0.25, 0.3) is 10.9 Å². The minimum absolute atomic E-state index is 0.242. The van der Waals surface area contributed by atoms with Gasteiger partial charge in [-0.05, 0) is 18.9 Å². The molecule has 134 valence electrons. The summed E-state index contributed by atoms with van der Waals surface area (Å²) in [6, 6.07) is 8.33. The number of nitrogens with zero attached hydrogens (tertiary/aromatic N) is 2. The molecule has 0 radical (unpaired) electrons. The molecular formula is C17H21N3O4S. The second kappa shape index (κ2) is 6.61. The summed E-state index contributed by atoms with van der Waals surface area (Å²) in [4.78, 5) is 26.8. The van der Waals surface area contributed by atoms with Crippen molar-refractivity contribution in [3.8, 4) is 0 Å². The van der Waals surface area contributed by atoms with Gasteiger partial charge in [-0.3, -0.25) is 9.59 Å². The van der Waals surface area contributed by atoms with Crippen LogP contribution in [0.1, 0.15) is 23.2 Å². The minimum Gasteiger partial charge on any atom is -0.337 e. The number of likely N-dealkylation sites (tertiary alicyclic amines) is 1. The Morgan fingerprint density at radius 2 is 2.00 bits per heavy atom. The molecule has 1 aromatic heterocycles.